The molecule has 0 unspecified atom stereocenters. The van der Waals surface area contributed by atoms with Gasteiger partial charge in [-0.3, -0.25) is 9.59 Å². The van der Waals surface area contributed by atoms with Crippen LogP contribution in [0.4, 0.5) is 18.9 Å². The molecular weight excluding hydrogens is 375 g/mol. The average molecular weight is 391 g/mol. The molecule has 5 nitrogen and oxygen atoms in total. The monoisotopic (exact) mass is 391 g/mol. The second-order valence-corrected chi connectivity index (χ2v) is 5.75. The zero-order chi connectivity index (χ0) is 20.7. The average Bonchev–Trinajstić information content (AvgIpc) is 2.64. The van der Waals surface area contributed by atoms with Crippen molar-refractivity contribution in [2.24, 2.45) is 0 Å². The Bertz CT molecular complexity index is 902. The van der Waals surface area contributed by atoms with Gasteiger partial charge in [-0.15, -0.1) is 0 Å². The first kappa shape index (κ1) is 20.9. The van der Waals surface area contributed by atoms with Gasteiger partial charge in [0.05, 0.1) is 5.56 Å². The van der Waals surface area contributed by atoms with Crippen molar-refractivity contribution in [3.8, 4) is 0 Å². The molecule has 2 aromatic rings. The fraction of sp³-hybridized carbons (Fsp3) is 0.150. The van der Waals surface area contributed by atoms with Gasteiger partial charge in [0.1, 0.15) is 0 Å². The van der Waals surface area contributed by atoms with Crippen LogP contribution in [-0.2, 0) is 20.5 Å². The number of rotatable bonds is 6. The van der Waals surface area contributed by atoms with Crippen LogP contribution < -0.4 is 5.32 Å². The predicted octanol–water partition coefficient (Wildman–Crippen LogP) is 4.10. The summed E-state index contributed by atoms with van der Waals surface area (Å²) in [5.74, 6) is -1.57. The Kier molecular flexibility index (Phi) is 6.70. The molecule has 2 aromatic carbocycles. The fourth-order valence-corrected chi connectivity index (χ4v) is 2.19. The number of amides is 1. The number of hydrogen-bond donors (Lipinski definition) is 1. The number of Topliss-reactive ketones (excluding diaryl/α,β-unsaturated/α-hetero) is 1. The minimum Gasteiger partial charge on any atom is -0.454 e. The molecule has 0 saturated heterocycles. The summed E-state index contributed by atoms with van der Waals surface area (Å²) in [6.45, 7) is 0.830. The molecule has 0 fully saturated rings. The van der Waals surface area contributed by atoms with Crippen LogP contribution in [0.25, 0.3) is 6.08 Å². The quantitative estimate of drug-likeness (QED) is 0.457. The van der Waals surface area contributed by atoms with Crippen molar-refractivity contribution in [1.82, 2.24) is 0 Å². The van der Waals surface area contributed by atoms with E-state index in [-0.39, 0.29) is 17.0 Å². The van der Waals surface area contributed by atoms with Crippen LogP contribution in [0.15, 0.2) is 54.6 Å². The van der Waals surface area contributed by atoms with Gasteiger partial charge in [0.2, 0.25) is 5.91 Å². The van der Waals surface area contributed by atoms with Crippen LogP contribution in [0.2, 0.25) is 0 Å². The SMILES string of the molecule is CC(=O)Nc1ccc(C(=O)COC(=O)/C=C/c2cccc(C(F)(F)F)c2)cc1. The highest BCUT2D eigenvalue weighted by Crippen LogP contribution is 2.29. The molecule has 28 heavy (non-hydrogen) atoms. The molecule has 0 atom stereocenters. The van der Waals surface area contributed by atoms with Crippen molar-refractivity contribution in [1.29, 1.82) is 0 Å². The number of benzene rings is 2. The summed E-state index contributed by atoms with van der Waals surface area (Å²) in [4.78, 5) is 34.6. The Hall–Kier alpha value is -3.42. The molecule has 0 aliphatic carbocycles. The molecule has 0 aliphatic rings. The molecule has 1 N–H and O–H groups in total. The maximum Gasteiger partial charge on any atom is 0.416 e. The van der Waals surface area contributed by atoms with Crippen molar-refractivity contribution >= 4 is 29.4 Å². The number of hydrogen-bond acceptors (Lipinski definition) is 4. The lowest BCUT2D eigenvalue weighted by Gasteiger charge is -2.06. The number of carbonyl (C=O) groups excluding carboxylic acids is 3. The molecule has 1 amide bonds. The highest BCUT2D eigenvalue weighted by Gasteiger charge is 2.30. The van der Waals surface area contributed by atoms with Gasteiger partial charge in [-0.05, 0) is 48.0 Å². The standard InChI is InChI=1S/C20H16F3NO4/c1-13(25)24-17-8-6-15(7-9-17)18(26)12-28-19(27)10-5-14-3-2-4-16(11-14)20(21,22)23/h2-11H,12H2,1H3,(H,24,25)/b10-5+. The summed E-state index contributed by atoms with van der Waals surface area (Å²) in [6, 6.07) is 10.5. The van der Waals surface area contributed by atoms with Crippen molar-refractivity contribution in [2.75, 3.05) is 11.9 Å². The minimum atomic E-state index is -4.48. The normalized spacial score (nSPS) is 11.3. The van der Waals surface area contributed by atoms with Crippen LogP contribution in [0.5, 0.6) is 0 Å². The highest BCUT2D eigenvalue weighted by atomic mass is 19.4. The number of alkyl halides is 3. The van der Waals surface area contributed by atoms with Crippen molar-refractivity contribution in [2.45, 2.75) is 13.1 Å². The van der Waals surface area contributed by atoms with Gasteiger partial charge in [0.15, 0.2) is 12.4 Å². The van der Waals surface area contributed by atoms with Crippen LogP contribution in [0.3, 0.4) is 0 Å². The lowest BCUT2D eigenvalue weighted by molar-refractivity contribution is -0.138. The van der Waals surface area contributed by atoms with Gasteiger partial charge in [-0.1, -0.05) is 12.1 Å². The number of carbonyl (C=O) groups is 3. The summed E-state index contributed by atoms with van der Waals surface area (Å²) >= 11 is 0. The highest BCUT2D eigenvalue weighted by molar-refractivity contribution is 5.99. The van der Waals surface area contributed by atoms with Gasteiger partial charge in [-0.25, -0.2) is 4.79 Å². The Balaban J connectivity index is 1.90. The number of halogens is 3. The molecule has 0 saturated carbocycles. The van der Waals surface area contributed by atoms with E-state index in [1.54, 1.807) is 0 Å². The van der Waals surface area contributed by atoms with E-state index in [0.29, 0.717) is 5.69 Å². The first-order valence-electron chi connectivity index (χ1n) is 8.08. The third kappa shape index (κ3) is 6.39. The van der Waals surface area contributed by atoms with E-state index in [1.807, 2.05) is 0 Å². The maximum absolute atomic E-state index is 12.7. The molecule has 0 bridgehead atoms. The number of ether oxygens (including phenoxy) is 1. The first-order chi connectivity index (χ1) is 13.1. The fourth-order valence-electron chi connectivity index (χ4n) is 2.19. The lowest BCUT2D eigenvalue weighted by atomic mass is 10.1. The number of ketones is 1. The number of esters is 1. The Morgan fingerprint density at radius 3 is 2.36 bits per heavy atom. The second-order valence-electron chi connectivity index (χ2n) is 5.75. The van der Waals surface area contributed by atoms with E-state index in [1.165, 1.54) is 49.4 Å². The molecule has 146 valence electrons. The van der Waals surface area contributed by atoms with Gasteiger partial charge in [-0.2, -0.15) is 13.2 Å². The van der Waals surface area contributed by atoms with Crippen LogP contribution >= 0.6 is 0 Å². The summed E-state index contributed by atoms with van der Waals surface area (Å²) in [5.41, 5.74) is 0.140. The van der Waals surface area contributed by atoms with Crippen LogP contribution in [0, 0.1) is 0 Å². The Morgan fingerprint density at radius 2 is 1.75 bits per heavy atom. The zero-order valence-corrected chi connectivity index (χ0v) is 14.7. The molecule has 0 radical (unpaired) electrons. The van der Waals surface area contributed by atoms with Gasteiger partial charge in [0.25, 0.3) is 0 Å². The number of nitrogens with one attached hydrogen (secondary N) is 1. The third-order valence-electron chi connectivity index (χ3n) is 3.50. The first-order valence-corrected chi connectivity index (χ1v) is 8.08. The van der Waals surface area contributed by atoms with Crippen molar-refractivity contribution in [3.63, 3.8) is 0 Å². The van der Waals surface area contributed by atoms with E-state index in [2.05, 4.69) is 5.32 Å². The van der Waals surface area contributed by atoms with Gasteiger partial charge in [0, 0.05) is 24.3 Å². The smallest absolute Gasteiger partial charge is 0.416 e. The van der Waals surface area contributed by atoms with Crippen molar-refractivity contribution in [3.05, 3.63) is 71.3 Å². The zero-order valence-electron chi connectivity index (χ0n) is 14.7. The second kappa shape index (κ2) is 8.98. The van der Waals surface area contributed by atoms with Gasteiger partial charge >= 0.3 is 12.1 Å². The van der Waals surface area contributed by atoms with Crippen LogP contribution in [-0.4, -0.2) is 24.3 Å². The van der Waals surface area contributed by atoms with Gasteiger partial charge < -0.3 is 10.1 Å². The molecule has 8 heteroatoms. The molecule has 0 spiro atoms. The van der Waals surface area contributed by atoms with E-state index < -0.39 is 30.1 Å². The molecule has 0 heterocycles. The molecule has 0 aromatic heterocycles. The van der Waals surface area contributed by atoms with E-state index in [0.717, 1.165) is 18.2 Å². The summed E-state index contributed by atoms with van der Waals surface area (Å²) in [7, 11) is 0. The van der Waals surface area contributed by atoms with Crippen LogP contribution in [0.1, 0.15) is 28.4 Å². The molecule has 0 aliphatic heterocycles. The third-order valence-corrected chi connectivity index (χ3v) is 3.50. The topological polar surface area (TPSA) is 72.5 Å². The lowest BCUT2D eigenvalue weighted by Crippen LogP contribution is -2.13. The maximum atomic E-state index is 12.7. The van der Waals surface area contributed by atoms with E-state index >= 15 is 0 Å². The summed E-state index contributed by atoms with van der Waals surface area (Å²) in [5, 5.41) is 2.55. The predicted molar refractivity (Wildman–Crippen MR) is 96.5 cm³/mol. The van der Waals surface area contributed by atoms with E-state index in [4.69, 9.17) is 4.74 Å². The summed E-state index contributed by atoms with van der Waals surface area (Å²) < 4.78 is 42.8. The van der Waals surface area contributed by atoms with Crippen molar-refractivity contribution < 1.29 is 32.3 Å². The largest absolute Gasteiger partial charge is 0.454 e. The minimum absolute atomic E-state index is 0.173. The Morgan fingerprint density at radius 1 is 1.07 bits per heavy atom. The summed E-state index contributed by atoms with van der Waals surface area (Å²) in [6.07, 6.45) is -2.36. The molecule has 2 rings (SSSR count). The van der Waals surface area contributed by atoms with E-state index in [9.17, 15) is 27.6 Å². The Labute approximate surface area is 158 Å². The molecular formula is C20H16F3NO4. The number of anilines is 1.